The Labute approximate surface area is 90.5 Å². The summed E-state index contributed by atoms with van der Waals surface area (Å²) in [5, 5.41) is 0. The first-order valence-electron chi connectivity index (χ1n) is 4.83. The van der Waals surface area contributed by atoms with Crippen molar-refractivity contribution in [1.29, 1.82) is 0 Å². The number of rotatable bonds is 9. The summed E-state index contributed by atoms with van der Waals surface area (Å²) in [5.41, 5.74) is 0.299. The van der Waals surface area contributed by atoms with Crippen LogP contribution in [-0.4, -0.2) is 39.0 Å². The molecule has 0 saturated carbocycles. The molecule has 0 heterocycles. The zero-order valence-corrected chi connectivity index (χ0v) is 9.16. The zero-order valence-electron chi connectivity index (χ0n) is 9.16. The van der Waals surface area contributed by atoms with Crippen LogP contribution in [0.1, 0.15) is 6.92 Å². The molecule has 0 atom stereocenters. The average Bonchev–Trinajstić information content (AvgIpc) is 2.24. The molecule has 0 unspecified atom stereocenters. The summed E-state index contributed by atoms with van der Waals surface area (Å²) in [6, 6.07) is 0. The molecule has 0 aromatic rings. The Kier molecular flexibility index (Phi) is 8.72. The van der Waals surface area contributed by atoms with Crippen LogP contribution < -0.4 is 0 Å². The van der Waals surface area contributed by atoms with Crippen LogP contribution in [-0.2, 0) is 19.0 Å². The molecule has 4 nitrogen and oxygen atoms in total. The minimum absolute atomic E-state index is 0.166. The fourth-order valence-electron chi connectivity index (χ4n) is 0.764. The lowest BCUT2D eigenvalue weighted by molar-refractivity contribution is -0.141. The van der Waals surface area contributed by atoms with E-state index in [9.17, 15) is 4.79 Å². The molecule has 0 amide bonds. The molecule has 0 aromatic carbocycles. The van der Waals surface area contributed by atoms with E-state index in [0.717, 1.165) is 0 Å². The molecule has 0 aliphatic rings. The Morgan fingerprint density at radius 2 is 2.07 bits per heavy atom. The van der Waals surface area contributed by atoms with Crippen molar-refractivity contribution in [3.63, 3.8) is 0 Å². The molecule has 0 N–H and O–H groups in total. The van der Waals surface area contributed by atoms with Gasteiger partial charge in [0.1, 0.15) is 6.61 Å². The van der Waals surface area contributed by atoms with Gasteiger partial charge in [-0.25, -0.2) is 4.79 Å². The van der Waals surface area contributed by atoms with Crippen molar-refractivity contribution in [2.24, 2.45) is 0 Å². The van der Waals surface area contributed by atoms with Gasteiger partial charge in [-0.2, -0.15) is 0 Å². The average molecular weight is 214 g/mol. The second-order valence-electron chi connectivity index (χ2n) is 2.74. The molecule has 0 aliphatic heterocycles. The zero-order chi connectivity index (χ0) is 11.5. The second-order valence-corrected chi connectivity index (χ2v) is 2.74. The molecule has 0 fully saturated rings. The van der Waals surface area contributed by atoms with Crippen LogP contribution in [0.3, 0.4) is 0 Å². The van der Waals surface area contributed by atoms with E-state index in [1.807, 2.05) is 6.92 Å². The van der Waals surface area contributed by atoms with Crippen molar-refractivity contribution in [2.75, 3.05) is 33.0 Å². The maximum Gasteiger partial charge on any atom is 0.335 e. The highest BCUT2D eigenvalue weighted by atomic mass is 16.6. The van der Waals surface area contributed by atoms with Gasteiger partial charge in [-0.05, 0) is 6.92 Å². The Hall–Kier alpha value is -1.13. The Morgan fingerprint density at radius 1 is 1.33 bits per heavy atom. The van der Waals surface area contributed by atoms with E-state index >= 15 is 0 Å². The molecule has 86 valence electrons. The normalized spacial score (nSPS) is 9.67. The van der Waals surface area contributed by atoms with Gasteiger partial charge in [-0.1, -0.05) is 12.7 Å². The first-order chi connectivity index (χ1) is 7.22. The minimum atomic E-state index is -0.446. The van der Waals surface area contributed by atoms with E-state index in [1.165, 1.54) is 0 Å². The van der Waals surface area contributed by atoms with Crippen LogP contribution in [0.5, 0.6) is 0 Å². The van der Waals surface area contributed by atoms with Crippen molar-refractivity contribution in [2.45, 2.75) is 6.92 Å². The van der Waals surface area contributed by atoms with Crippen molar-refractivity contribution in [1.82, 2.24) is 0 Å². The van der Waals surface area contributed by atoms with Crippen LogP contribution in [0, 0.1) is 0 Å². The van der Waals surface area contributed by atoms with E-state index in [1.54, 1.807) is 6.08 Å². The monoisotopic (exact) mass is 214 g/mol. The number of esters is 1. The maximum atomic E-state index is 11.2. The van der Waals surface area contributed by atoms with Gasteiger partial charge in [0, 0.05) is 6.61 Å². The number of carbonyl (C=O) groups excluding carboxylic acids is 1. The Balaban J connectivity index is 3.51. The summed E-state index contributed by atoms with van der Waals surface area (Å²) >= 11 is 0. The summed E-state index contributed by atoms with van der Waals surface area (Å²) in [4.78, 5) is 11.2. The SMILES string of the molecule is C=CCOCC(=C)C(=O)OCCOCC. The highest BCUT2D eigenvalue weighted by Crippen LogP contribution is 1.96. The van der Waals surface area contributed by atoms with E-state index in [4.69, 9.17) is 14.2 Å². The Bertz CT molecular complexity index is 211. The van der Waals surface area contributed by atoms with E-state index in [2.05, 4.69) is 13.2 Å². The predicted octanol–water partition coefficient (Wildman–Crippen LogP) is 1.32. The van der Waals surface area contributed by atoms with E-state index in [0.29, 0.717) is 25.4 Å². The molecule has 0 aliphatic carbocycles. The van der Waals surface area contributed by atoms with E-state index in [-0.39, 0.29) is 13.2 Å². The molecular formula is C11H18O4. The molecule has 0 rings (SSSR count). The molecule has 0 bridgehead atoms. The van der Waals surface area contributed by atoms with Crippen LogP contribution >= 0.6 is 0 Å². The van der Waals surface area contributed by atoms with Crippen molar-refractivity contribution in [3.05, 3.63) is 24.8 Å². The van der Waals surface area contributed by atoms with Crippen LogP contribution in [0.4, 0.5) is 0 Å². The molecule has 4 heteroatoms. The molecule has 15 heavy (non-hydrogen) atoms. The molecule has 0 radical (unpaired) electrons. The largest absolute Gasteiger partial charge is 0.460 e. The van der Waals surface area contributed by atoms with Gasteiger partial charge < -0.3 is 14.2 Å². The highest BCUT2D eigenvalue weighted by molar-refractivity contribution is 5.87. The summed E-state index contributed by atoms with van der Waals surface area (Å²) in [7, 11) is 0. The lowest BCUT2D eigenvalue weighted by atomic mass is 10.3. The topological polar surface area (TPSA) is 44.8 Å². The van der Waals surface area contributed by atoms with Crippen molar-refractivity contribution in [3.8, 4) is 0 Å². The fourth-order valence-corrected chi connectivity index (χ4v) is 0.764. The van der Waals surface area contributed by atoms with Crippen LogP contribution in [0.2, 0.25) is 0 Å². The summed E-state index contributed by atoms with van der Waals surface area (Å²) in [6.07, 6.45) is 1.60. The Morgan fingerprint density at radius 3 is 2.67 bits per heavy atom. The highest BCUT2D eigenvalue weighted by Gasteiger charge is 2.07. The first-order valence-corrected chi connectivity index (χ1v) is 4.83. The van der Waals surface area contributed by atoms with Gasteiger partial charge in [-0.15, -0.1) is 6.58 Å². The summed E-state index contributed by atoms with van der Waals surface area (Å²) < 4.78 is 14.9. The number of hydrogen-bond acceptors (Lipinski definition) is 4. The van der Waals surface area contributed by atoms with Gasteiger partial charge in [-0.3, -0.25) is 0 Å². The van der Waals surface area contributed by atoms with Gasteiger partial charge in [0.05, 0.1) is 25.4 Å². The summed E-state index contributed by atoms with van der Waals surface area (Å²) in [5.74, 6) is -0.446. The van der Waals surface area contributed by atoms with Crippen molar-refractivity contribution >= 4 is 5.97 Å². The minimum Gasteiger partial charge on any atom is -0.460 e. The van der Waals surface area contributed by atoms with Gasteiger partial charge in [0.2, 0.25) is 0 Å². The third-order valence-electron chi connectivity index (χ3n) is 1.47. The second kappa shape index (κ2) is 9.43. The van der Waals surface area contributed by atoms with Gasteiger partial charge in [0.25, 0.3) is 0 Å². The lowest BCUT2D eigenvalue weighted by Gasteiger charge is -2.06. The number of ether oxygens (including phenoxy) is 3. The number of hydrogen-bond donors (Lipinski definition) is 0. The molecule has 0 saturated heterocycles. The quantitative estimate of drug-likeness (QED) is 0.251. The number of carbonyl (C=O) groups is 1. The maximum absolute atomic E-state index is 11.2. The first kappa shape index (κ1) is 13.9. The third kappa shape index (κ3) is 7.90. The van der Waals surface area contributed by atoms with Crippen LogP contribution in [0.15, 0.2) is 24.8 Å². The van der Waals surface area contributed by atoms with Gasteiger partial charge >= 0.3 is 5.97 Å². The standard InChI is InChI=1S/C11H18O4/c1-4-6-14-9-10(3)11(12)15-8-7-13-5-2/h4H,1,3,5-9H2,2H3. The van der Waals surface area contributed by atoms with Crippen LogP contribution in [0.25, 0.3) is 0 Å². The predicted molar refractivity (Wildman–Crippen MR) is 57.6 cm³/mol. The molecule has 0 spiro atoms. The summed E-state index contributed by atoms with van der Waals surface area (Å²) in [6.45, 7) is 10.7. The van der Waals surface area contributed by atoms with E-state index < -0.39 is 5.97 Å². The lowest BCUT2D eigenvalue weighted by Crippen LogP contribution is -2.15. The van der Waals surface area contributed by atoms with Gasteiger partial charge in [0.15, 0.2) is 0 Å². The fraction of sp³-hybridized carbons (Fsp3) is 0.545. The third-order valence-corrected chi connectivity index (χ3v) is 1.47. The van der Waals surface area contributed by atoms with Crippen molar-refractivity contribution < 1.29 is 19.0 Å². The smallest absolute Gasteiger partial charge is 0.335 e. The molecular weight excluding hydrogens is 196 g/mol. The molecule has 0 aromatic heterocycles.